The van der Waals surface area contributed by atoms with Gasteiger partial charge in [-0.15, -0.1) is 0 Å². The molecule has 0 unspecified atom stereocenters. The molecule has 4 N–H and O–H groups in total. The molecule has 0 aromatic heterocycles. The SMILES string of the molecule is CON[C@@H](Cc1ccccc1)C(=O)C(=O)/C=C/[C@H](CCC(N)=O)NC(=O)OCc1ccccc1. The van der Waals surface area contributed by atoms with Gasteiger partial charge in [0.05, 0.1) is 13.2 Å². The van der Waals surface area contributed by atoms with Crippen LogP contribution in [0.1, 0.15) is 24.0 Å². The molecule has 0 bridgehead atoms. The lowest BCUT2D eigenvalue weighted by molar-refractivity contribution is -0.137. The first kappa shape index (κ1) is 26.4. The number of ether oxygens (including phenoxy) is 1. The molecular formula is C25H29N3O6. The first-order valence-corrected chi connectivity index (χ1v) is 10.7. The van der Waals surface area contributed by atoms with Crippen molar-refractivity contribution in [2.24, 2.45) is 5.73 Å². The van der Waals surface area contributed by atoms with Crippen molar-refractivity contribution in [3.05, 3.63) is 83.9 Å². The van der Waals surface area contributed by atoms with Gasteiger partial charge in [0, 0.05) is 6.42 Å². The highest BCUT2D eigenvalue weighted by molar-refractivity contribution is 6.43. The fourth-order valence-electron chi connectivity index (χ4n) is 3.07. The van der Waals surface area contributed by atoms with Crippen molar-refractivity contribution in [1.82, 2.24) is 10.8 Å². The molecule has 2 rings (SSSR count). The molecule has 2 amide bonds. The highest BCUT2D eigenvalue weighted by Gasteiger charge is 2.24. The van der Waals surface area contributed by atoms with Gasteiger partial charge in [-0.3, -0.25) is 14.4 Å². The number of carbonyl (C=O) groups is 4. The number of rotatable bonds is 14. The Morgan fingerprint density at radius 2 is 1.59 bits per heavy atom. The summed E-state index contributed by atoms with van der Waals surface area (Å²) in [5.74, 6) is -2.05. The van der Waals surface area contributed by atoms with Gasteiger partial charge < -0.3 is 20.6 Å². The molecule has 2 aromatic carbocycles. The summed E-state index contributed by atoms with van der Waals surface area (Å²) < 4.78 is 5.18. The third kappa shape index (κ3) is 9.76. The third-order valence-electron chi connectivity index (χ3n) is 4.80. The van der Waals surface area contributed by atoms with Crippen LogP contribution in [0.25, 0.3) is 0 Å². The van der Waals surface area contributed by atoms with Crippen molar-refractivity contribution in [2.45, 2.75) is 38.0 Å². The molecule has 2 atom stereocenters. The molecule has 2 aromatic rings. The van der Waals surface area contributed by atoms with Gasteiger partial charge in [0.2, 0.25) is 17.5 Å². The molecule has 0 aliphatic carbocycles. The Labute approximate surface area is 198 Å². The number of primary amides is 1. The van der Waals surface area contributed by atoms with Gasteiger partial charge in [-0.25, -0.2) is 4.79 Å². The molecule has 34 heavy (non-hydrogen) atoms. The Kier molecular flexibility index (Phi) is 11.2. The van der Waals surface area contributed by atoms with Crippen molar-refractivity contribution in [2.75, 3.05) is 7.11 Å². The smallest absolute Gasteiger partial charge is 0.407 e. The van der Waals surface area contributed by atoms with E-state index >= 15 is 0 Å². The molecule has 0 spiro atoms. The summed E-state index contributed by atoms with van der Waals surface area (Å²) in [6, 6.07) is 16.7. The number of allylic oxidation sites excluding steroid dienone is 1. The molecule has 0 aliphatic heterocycles. The van der Waals surface area contributed by atoms with Gasteiger partial charge in [-0.2, -0.15) is 5.48 Å². The zero-order valence-corrected chi connectivity index (χ0v) is 18.9. The molecule has 180 valence electrons. The lowest BCUT2D eigenvalue weighted by Gasteiger charge is -2.16. The van der Waals surface area contributed by atoms with Crippen molar-refractivity contribution in [3.8, 4) is 0 Å². The minimum atomic E-state index is -0.891. The topological polar surface area (TPSA) is 137 Å². The van der Waals surface area contributed by atoms with E-state index in [1.807, 2.05) is 60.7 Å². The average molecular weight is 468 g/mol. The van der Waals surface area contributed by atoms with Gasteiger partial charge in [-0.05, 0) is 30.0 Å². The van der Waals surface area contributed by atoms with E-state index in [0.29, 0.717) is 0 Å². The van der Waals surface area contributed by atoms with Crippen LogP contribution in [0.2, 0.25) is 0 Å². The van der Waals surface area contributed by atoms with Crippen LogP contribution in [0.15, 0.2) is 72.8 Å². The van der Waals surface area contributed by atoms with E-state index in [-0.39, 0.29) is 25.9 Å². The van der Waals surface area contributed by atoms with Crippen LogP contribution in [0.5, 0.6) is 0 Å². The maximum atomic E-state index is 12.7. The summed E-state index contributed by atoms with van der Waals surface area (Å²) in [4.78, 5) is 53.4. The Balaban J connectivity index is 2.00. The Hall–Kier alpha value is -3.82. The third-order valence-corrected chi connectivity index (χ3v) is 4.80. The second-order valence-corrected chi connectivity index (χ2v) is 7.47. The standard InChI is InChI=1S/C25H29N3O6/c1-33-28-21(16-18-8-4-2-5-9-18)24(31)22(29)14-12-20(13-15-23(26)30)27-25(32)34-17-19-10-6-3-7-11-19/h2-12,14,20-21,28H,13,15-17H2,1H3,(H2,26,30)(H,27,32)/b14-12+/t20-,21+/m1/s1. The number of alkyl carbamates (subject to hydrolysis) is 1. The summed E-state index contributed by atoms with van der Waals surface area (Å²) in [6.07, 6.45) is 2.04. The quantitative estimate of drug-likeness (QED) is 0.220. The maximum absolute atomic E-state index is 12.7. The molecular weight excluding hydrogens is 438 g/mol. The zero-order chi connectivity index (χ0) is 24.8. The number of nitrogens with one attached hydrogen (secondary N) is 2. The number of Topliss-reactive ketones (excluding diaryl/α,β-unsaturated/α-hetero) is 1. The molecule has 0 radical (unpaired) electrons. The molecule has 0 aliphatic rings. The highest BCUT2D eigenvalue weighted by Crippen LogP contribution is 2.07. The van der Waals surface area contributed by atoms with Crippen LogP contribution < -0.4 is 16.5 Å². The van der Waals surface area contributed by atoms with E-state index in [9.17, 15) is 19.2 Å². The Morgan fingerprint density at radius 1 is 0.971 bits per heavy atom. The van der Waals surface area contributed by atoms with Crippen LogP contribution in [0, 0.1) is 0 Å². The lowest BCUT2D eigenvalue weighted by atomic mass is 10.00. The lowest BCUT2D eigenvalue weighted by Crippen LogP contribution is -2.41. The summed E-state index contributed by atoms with van der Waals surface area (Å²) >= 11 is 0. The summed E-state index contributed by atoms with van der Waals surface area (Å²) in [5, 5.41) is 2.57. The predicted octanol–water partition coefficient (Wildman–Crippen LogP) is 2.00. The molecule has 0 saturated heterocycles. The molecule has 9 nitrogen and oxygen atoms in total. The number of hydroxylamine groups is 1. The Bertz CT molecular complexity index is 979. The molecule has 9 heteroatoms. The van der Waals surface area contributed by atoms with E-state index in [2.05, 4.69) is 10.8 Å². The molecule has 0 heterocycles. The van der Waals surface area contributed by atoms with E-state index in [1.54, 1.807) is 0 Å². The monoisotopic (exact) mass is 467 g/mol. The van der Waals surface area contributed by atoms with E-state index in [4.69, 9.17) is 15.3 Å². The first-order valence-electron chi connectivity index (χ1n) is 10.7. The zero-order valence-electron chi connectivity index (χ0n) is 18.9. The van der Waals surface area contributed by atoms with Crippen molar-refractivity contribution in [3.63, 3.8) is 0 Å². The van der Waals surface area contributed by atoms with Crippen LogP contribution in [0.4, 0.5) is 4.79 Å². The number of carbonyl (C=O) groups excluding carboxylic acids is 4. The fraction of sp³-hybridized carbons (Fsp3) is 0.280. The normalized spacial score (nSPS) is 12.6. The van der Waals surface area contributed by atoms with E-state index < -0.39 is 35.7 Å². The van der Waals surface area contributed by atoms with E-state index in [0.717, 1.165) is 17.2 Å². The van der Waals surface area contributed by atoms with Gasteiger partial charge in [0.25, 0.3) is 0 Å². The predicted molar refractivity (Wildman–Crippen MR) is 125 cm³/mol. The fourth-order valence-corrected chi connectivity index (χ4v) is 3.07. The Morgan fingerprint density at radius 3 is 2.18 bits per heavy atom. The minimum absolute atomic E-state index is 0.0298. The minimum Gasteiger partial charge on any atom is -0.445 e. The van der Waals surface area contributed by atoms with Crippen LogP contribution in [-0.2, 0) is 37.0 Å². The van der Waals surface area contributed by atoms with Crippen molar-refractivity contribution in [1.29, 1.82) is 0 Å². The van der Waals surface area contributed by atoms with Gasteiger partial charge in [-0.1, -0.05) is 66.7 Å². The van der Waals surface area contributed by atoms with Gasteiger partial charge >= 0.3 is 6.09 Å². The number of ketones is 2. The number of hydrogen-bond acceptors (Lipinski definition) is 7. The number of amides is 2. The second kappa shape index (κ2) is 14.4. The summed E-state index contributed by atoms with van der Waals surface area (Å²) in [5.41, 5.74) is 9.41. The summed E-state index contributed by atoms with van der Waals surface area (Å²) in [7, 11) is 1.36. The van der Waals surface area contributed by atoms with Crippen LogP contribution in [0.3, 0.4) is 0 Å². The highest BCUT2D eigenvalue weighted by atomic mass is 16.6. The van der Waals surface area contributed by atoms with Crippen molar-refractivity contribution >= 4 is 23.6 Å². The van der Waals surface area contributed by atoms with E-state index in [1.165, 1.54) is 13.2 Å². The van der Waals surface area contributed by atoms with Crippen molar-refractivity contribution < 1.29 is 28.8 Å². The van der Waals surface area contributed by atoms with Gasteiger partial charge in [0.1, 0.15) is 12.6 Å². The van der Waals surface area contributed by atoms with Crippen LogP contribution in [-0.4, -0.2) is 42.8 Å². The largest absolute Gasteiger partial charge is 0.445 e. The first-order chi connectivity index (χ1) is 16.4. The number of nitrogens with two attached hydrogens (primary N) is 1. The maximum Gasteiger partial charge on any atom is 0.407 e. The molecule has 0 fully saturated rings. The molecule has 0 saturated carbocycles. The van der Waals surface area contributed by atoms with Gasteiger partial charge in [0.15, 0.2) is 0 Å². The second-order valence-electron chi connectivity index (χ2n) is 7.47. The average Bonchev–Trinajstić information content (AvgIpc) is 2.84. The summed E-state index contributed by atoms with van der Waals surface area (Å²) in [6.45, 7) is 0.0558. The number of benzene rings is 2. The van der Waals surface area contributed by atoms with Crippen LogP contribution >= 0.6 is 0 Å². The number of hydrogen-bond donors (Lipinski definition) is 3.